The number of carbonyl (C=O) groups is 1. The lowest BCUT2D eigenvalue weighted by Gasteiger charge is -2.31. The normalized spacial score (nSPS) is 11.9. The number of alkyl halides is 1. The number of hydrogen-bond acceptors (Lipinski definition) is 2. The Hall–Kier alpha value is -0.0900. The van der Waals surface area contributed by atoms with Gasteiger partial charge in [-0.1, -0.05) is 15.9 Å². The van der Waals surface area contributed by atoms with Gasteiger partial charge >= 0.3 is 0 Å². The van der Waals surface area contributed by atoms with Crippen LogP contribution >= 0.6 is 15.9 Å². The van der Waals surface area contributed by atoms with Crippen molar-refractivity contribution in [2.45, 2.75) is 38.1 Å². The lowest BCUT2D eigenvalue weighted by atomic mass is 10.1. The van der Waals surface area contributed by atoms with E-state index in [-0.39, 0.29) is 11.9 Å². The van der Waals surface area contributed by atoms with Gasteiger partial charge in [-0.25, -0.2) is 0 Å². The molecule has 1 amide bonds. The molecule has 0 radical (unpaired) electrons. The van der Waals surface area contributed by atoms with E-state index in [1.807, 2.05) is 32.6 Å². The van der Waals surface area contributed by atoms with Gasteiger partial charge in [0.2, 0.25) is 5.91 Å². The maximum absolute atomic E-state index is 11.9. The molecule has 0 fully saturated rings. The van der Waals surface area contributed by atoms with E-state index in [0.717, 1.165) is 0 Å². The van der Waals surface area contributed by atoms with E-state index in [9.17, 15) is 4.79 Å². The summed E-state index contributed by atoms with van der Waals surface area (Å²) in [7, 11) is 1.64. The highest BCUT2D eigenvalue weighted by Gasteiger charge is 2.30. The second-order valence-corrected chi connectivity index (χ2v) is 6.04. The molecule has 84 valence electrons. The number of methoxy groups -OCH3 is 1. The average molecular weight is 266 g/mol. The molecule has 0 bridgehead atoms. The summed E-state index contributed by atoms with van der Waals surface area (Å²) < 4.78 is 4.48. The Bertz CT molecular complexity index is 187. The molecule has 0 atom stereocenters. The van der Waals surface area contributed by atoms with E-state index in [1.165, 1.54) is 0 Å². The molecule has 14 heavy (non-hydrogen) atoms. The van der Waals surface area contributed by atoms with Crippen molar-refractivity contribution in [3.8, 4) is 0 Å². The quantitative estimate of drug-likeness (QED) is 0.713. The maximum Gasteiger partial charge on any atom is 0.239 e. The molecule has 3 nitrogen and oxygen atoms in total. The van der Waals surface area contributed by atoms with E-state index in [1.54, 1.807) is 7.11 Å². The van der Waals surface area contributed by atoms with Gasteiger partial charge in [-0.05, 0) is 27.7 Å². The SMILES string of the molecule is COCCN(C(=O)C(C)(C)Br)C(C)C. The smallest absolute Gasteiger partial charge is 0.239 e. The molecular formula is C10H20BrNO2. The van der Waals surface area contributed by atoms with Crippen molar-refractivity contribution >= 4 is 21.8 Å². The number of amides is 1. The lowest BCUT2D eigenvalue weighted by molar-refractivity contribution is -0.135. The molecule has 0 aromatic carbocycles. The van der Waals surface area contributed by atoms with Gasteiger partial charge in [0, 0.05) is 19.7 Å². The topological polar surface area (TPSA) is 29.5 Å². The standard InChI is InChI=1S/C10H20BrNO2/c1-8(2)12(6-7-14-5)9(13)10(3,4)11/h8H,6-7H2,1-5H3. The zero-order valence-corrected chi connectivity index (χ0v) is 11.2. The molecule has 0 saturated carbocycles. The Balaban J connectivity index is 4.42. The molecule has 0 spiro atoms. The van der Waals surface area contributed by atoms with Crippen LogP contribution in [0.5, 0.6) is 0 Å². The zero-order valence-electron chi connectivity index (χ0n) is 9.63. The Labute approximate surface area is 94.9 Å². The zero-order chi connectivity index (χ0) is 11.4. The minimum atomic E-state index is -0.495. The van der Waals surface area contributed by atoms with Crippen LogP contribution in [0.1, 0.15) is 27.7 Å². The largest absolute Gasteiger partial charge is 0.383 e. The first-order valence-electron chi connectivity index (χ1n) is 4.79. The number of halogens is 1. The molecule has 0 heterocycles. The third kappa shape index (κ3) is 4.42. The summed E-state index contributed by atoms with van der Waals surface area (Å²) in [6.45, 7) is 8.95. The lowest BCUT2D eigenvalue weighted by Crippen LogP contribution is -2.46. The van der Waals surface area contributed by atoms with Crippen molar-refractivity contribution < 1.29 is 9.53 Å². The highest BCUT2D eigenvalue weighted by atomic mass is 79.9. The second kappa shape index (κ2) is 5.71. The number of rotatable bonds is 5. The Morgan fingerprint density at radius 2 is 2.00 bits per heavy atom. The van der Waals surface area contributed by atoms with Crippen LogP contribution in [0.3, 0.4) is 0 Å². The van der Waals surface area contributed by atoms with Gasteiger partial charge in [0.25, 0.3) is 0 Å². The molecule has 0 rings (SSSR count). The first-order chi connectivity index (χ1) is 6.30. The minimum Gasteiger partial charge on any atom is -0.383 e. The molecule has 0 unspecified atom stereocenters. The Morgan fingerprint density at radius 1 is 1.50 bits per heavy atom. The maximum atomic E-state index is 11.9. The van der Waals surface area contributed by atoms with Crippen molar-refractivity contribution in [1.29, 1.82) is 0 Å². The first kappa shape index (κ1) is 13.9. The average Bonchev–Trinajstić information content (AvgIpc) is 2.02. The molecule has 0 aliphatic heterocycles. The molecule has 0 aromatic heterocycles. The van der Waals surface area contributed by atoms with Crippen molar-refractivity contribution in [3.63, 3.8) is 0 Å². The van der Waals surface area contributed by atoms with Gasteiger partial charge in [0.15, 0.2) is 0 Å². The van der Waals surface area contributed by atoms with E-state index in [2.05, 4.69) is 15.9 Å². The van der Waals surface area contributed by atoms with Crippen molar-refractivity contribution in [2.24, 2.45) is 0 Å². The Kier molecular flexibility index (Phi) is 5.67. The fourth-order valence-electron chi connectivity index (χ4n) is 1.13. The Morgan fingerprint density at radius 3 is 2.29 bits per heavy atom. The van der Waals surface area contributed by atoms with E-state index in [0.29, 0.717) is 13.2 Å². The van der Waals surface area contributed by atoms with Crippen LogP contribution < -0.4 is 0 Å². The van der Waals surface area contributed by atoms with Gasteiger partial charge in [-0.3, -0.25) is 4.79 Å². The molecule has 0 N–H and O–H groups in total. The number of ether oxygens (including phenoxy) is 1. The van der Waals surface area contributed by atoms with Gasteiger partial charge in [0.05, 0.1) is 10.9 Å². The monoisotopic (exact) mass is 265 g/mol. The van der Waals surface area contributed by atoms with Gasteiger partial charge in [-0.15, -0.1) is 0 Å². The van der Waals surface area contributed by atoms with E-state index >= 15 is 0 Å². The molecule has 4 heteroatoms. The second-order valence-electron chi connectivity index (χ2n) is 4.06. The van der Waals surface area contributed by atoms with Crippen molar-refractivity contribution in [3.05, 3.63) is 0 Å². The molecule has 0 aromatic rings. The summed E-state index contributed by atoms with van der Waals surface area (Å²) in [5.41, 5.74) is 0. The fourth-order valence-corrected chi connectivity index (χ4v) is 1.35. The first-order valence-corrected chi connectivity index (χ1v) is 5.59. The van der Waals surface area contributed by atoms with Crippen LogP contribution in [0.4, 0.5) is 0 Å². The van der Waals surface area contributed by atoms with Crippen LogP contribution in [-0.2, 0) is 9.53 Å². The van der Waals surface area contributed by atoms with Crippen LogP contribution in [0.25, 0.3) is 0 Å². The van der Waals surface area contributed by atoms with Gasteiger partial charge in [0.1, 0.15) is 0 Å². The molecule has 0 saturated heterocycles. The summed E-state index contributed by atoms with van der Waals surface area (Å²) >= 11 is 3.37. The summed E-state index contributed by atoms with van der Waals surface area (Å²) in [5, 5.41) is 0. The van der Waals surface area contributed by atoms with Crippen molar-refractivity contribution in [1.82, 2.24) is 4.90 Å². The predicted octanol–water partition coefficient (Wildman–Crippen LogP) is 2.04. The summed E-state index contributed by atoms with van der Waals surface area (Å²) in [5.74, 6) is 0.101. The third-order valence-corrected chi connectivity index (χ3v) is 2.27. The summed E-state index contributed by atoms with van der Waals surface area (Å²) in [6, 6.07) is 0.203. The fraction of sp³-hybridized carbons (Fsp3) is 0.900. The number of nitrogens with zero attached hydrogens (tertiary/aromatic N) is 1. The number of carbonyl (C=O) groups excluding carboxylic acids is 1. The highest BCUT2D eigenvalue weighted by molar-refractivity contribution is 9.10. The van der Waals surface area contributed by atoms with Crippen LogP contribution in [0.2, 0.25) is 0 Å². The third-order valence-electron chi connectivity index (χ3n) is 1.93. The molecule has 0 aliphatic carbocycles. The van der Waals surface area contributed by atoms with E-state index < -0.39 is 4.32 Å². The van der Waals surface area contributed by atoms with Crippen molar-refractivity contribution in [2.75, 3.05) is 20.3 Å². The van der Waals surface area contributed by atoms with Crippen LogP contribution in [-0.4, -0.2) is 41.4 Å². The summed E-state index contributed by atoms with van der Waals surface area (Å²) in [4.78, 5) is 13.8. The minimum absolute atomic E-state index is 0.101. The van der Waals surface area contributed by atoms with Crippen LogP contribution in [0, 0.1) is 0 Å². The van der Waals surface area contributed by atoms with Crippen LogP contribution in [0.15, 0.2) is 0 Å². The summed E-state index contributed by atoms with van der Waals surface area (Å²) in [6.07, 6.45) is 0. The number of hydrogen-bond donors (Lipinski definition) is 0. The highest BCUT2D eigenvalue weighted by Crippen LogP contribution is 2.20. The molecular weight excluding hydrogens is 246 g/mol. The molecule has 0 aliphatic rings. The van der Waals surface area contributed by atoms with Gasteiger partial charge < -0.3 is 9.64 Å². The van der Waals surface area contributed by atoms with Gasteiger partial charge in [-0.2, -0.15) is 0 Å². The predicted molar refractivity (Wildman–Crippen MR) is 61.7 cm³/mol. The van der Waals surface area contributed by atoms with E-state index in [4.69, 9.17) is 4.74 Å².